The lowest BCUT2D eigenvalue weighted by atomic mass is 10.0. The highest BCUT2D eigenvalue weighted by molar-refractivity contribution is 6.07. The molecule has 0 fully saturated rings. The molecule has 1 aliphatic rings. The van der Waals surface area contributed by atoms with Crippen LogP contribution in [0.1, 0.15) is 44.0 Å². The number of esters is 1. The molecule has 3 aromatic rings. The first-order chi connectivity index (χ1) is 13.2. The first-order valence-electron chi connectivity index (χ1n) is 9.03. The Kier molecular flexibility index (Phi) is 4.59. The number of carbonyl (C=O) groups excluding carboxylic acids is 2. The highest BCUT2D eigenvalue weighted by Gasteiger charge is 2.23. The third-order valence-corrected chi connectivity index (χ3v) is 4.97. The van der Waals surface area contributed by atoms with Crippen molar-refractivity contribution < 1.29 is 14.3 Å². The molecule has 0 radical (unpaired) electrons. The van der Waals surface area contributed by atoms with E-state index >= 15 is 0 Å². The highest BCUT2D eigenvalue weighted by Crippen LogP contribution is 2.29. The van der Waals surface area contributed by atoms with Crippen LogP contribution in [0.15, 0.2) is 48.5 Å². The normalized spacial score (nSPS) is 12.6. The minimum atomic E-state index is -0.371. The standard InChI is InChI=1S/C22H20N2O3/c1-27-22(26)15-11-9-14(10-12-15)13-23-21(25)20-16-5-2-3-7-18(16)24-19-8-4-6-17(19)20/h2-3,5,7,9-12H,4,6,8,13H2,1H3,(H,23,25). The van der Waals surface area contributed by atoms with Crippen LogP contribution >= 0.6 is 0 Å². The minimum absolute atomic E-state index is 0.0798. The van der Waals surface area contributed by atoms with E-state index in [4.69, 9.17) is 9.72 Å². The number of rotatable bonds is 4. The number of hydrogen-bond donors (Lipinski definition) is 1. The molecule has 1 heterocycles. The fourth-order valence-corrected chi connectivity index (χ4v) is 3.62. The maximum absolute atomic E-state index is 13.0. The predicted molar refractivity (Wildman–Crippen MR) is 103 cm³/mol. The number of para-hydroxylation sites is 1. The van der Waals surface area contributed by atoms with Crippen molar-refractivity contribution in [2.45, 2.75) is 25.8 Å². The van der Waals surface area contributed by atoms with Crippen LogP contribution in [0.5, 0.6) is 0 Å². The maximum Gasteiger partial charge on any atom is 0.337 e. The van der Waals surface area contributed by atoms with Crippen LogP contribution in [0.25, 0.3) is 10.9 Å². The van der Waals surface area contributed by atoms with Gasteiger partial charge in [-0.05, 0) is 48.6 Å². The molecule has 0 atom stereocenters. The van der Waals surface area contributed by atoms with Crippen molar-refractivity contribution in [2.75, 3.05) is 7.11 Å². The Bertz CT molecular complexity index is 1030. The van der Waals surface area contributed by atoms with Crippen LogP contribution in [0.3, 0.4) is 0 Å². The van der Waals surface area contributed by atoms with Crippen LogP contribution in [0.2, 0.25) is 0 Å². The van der Waals surface area contributed by atoms with Gasteiger partial charge >= 0.3 is 5.97 Å². The van der Waals surface area contributed by atoms with E-state index in [-0.39, 0.29) is 11.9 Å². The molecule has 5 heteroatoms. The molecule has 4 rings (SSSR count). The number of benzene rings is 2. The van der Waals surface area contributed by atoms with E-state index in [1.165, 1.54) is 7.11 Å². The van der Waals surface area contributed by atoms with E-state index in [0.717, 1.165) is 52.5 Å². The van der Waals surface area contributed by atoms with Gasteiger partial charge in [0.1, 0.15) is 0 Å². The van der Waals surface area contributed by atoms with Gasteiger partial charge in [0.05, 0.1) is 23.8 Å². The van der Waals surface area contributed by atoms with Crippen molar-refractivity contribution in [1.82, 2.24) is 10.3 Å². The molecule has 0 bridgehead atoms. The van der Waals surface area contributed by atoms with Crippen LogP contribution in [-0.4, -0.2) is 24.0 Å². The smallest absolute Gasteiger partial charge is 0.337 e. The topological polar surface area (TPSA) is 68.3 Å². The van der Waals surface area contributed by atoms with E-state index in [1.807, 2.05) is 36.4 Å². The fraction of sp³-hybridized carbons (Fsp3) is 0.227. The molecule has 1 amide bonds. The van der Waals surface area contributed by atoms with Crippen LogP contribution < -0.4 is 5.32 Å². The molecule has 0 saturated heterocycles. The third-order valence-electron chi connectivity index (χ3n) is 4.97. The summed E-state index contributed by atoms with van der Waals surface area (Å²) in [6, 6.07) is 14.8. The Hall–Kier alpha value is -3.21. The summed E-state index contributed by atoms with van der Waals surface area (Å²) < 4.78 is 4.70. The van der Waals surface area contributed by atoms with E-state index in [1.54, 1.807) is 12.1 Å². The van der Waals surface area contributed by atoms with Gasteiger partial charge in [-0.3, -0.25) is 9.78 Å². The van der Waals surface area contributed by atoms with Gasteiger partial charge in [0.25, 0.3) is 5.91 Å². The van der Waals surface area contributed by atoms with E-state index in [9.17, 15) is 9.59 Å². The molecule has 2 aromatic carbocycles. The number of methoxy groups -OCH3 is 1. The van der Waals surface area contributed by atoms with Crippen LogP contribution in [0, 0.1) is 0 Å². The summed E-state index contributed by atoms with van der Waals surface area (Å²) >= 11 is 0. The number of fused-ring (bicyclic) bond motifs is 2. The molecule has 27 heavy (non-hydrogen) atoms. The van der Waals surface area contributed by atoms with Crippen molar-refractivity contribution in [2.24, 2.45) is 0 Å². The molecule has 1 N–H and O–H groups in total. The number of nitrogens with zero attached hydrogens (tertiary/aromatic N) is 1. The number of aromatic nitrogens is 1. The number of aryl methyl sites for hydroxylation is 1. The molecule has 5 nitrogen and oxygen atoms in total. The molecule has 1 aliphatic carbocycles. The van der Waals surface area contributed by atoms with Crippen molar-refractivity contribution in [3.05, 3.63) is 76.5 Å². The van der Waals surface area contributed by atoms with Gasteiger partial charge in [-0.1, -0.05) is 30.3 Å². The van der Waals surface area contributed by atoms with Gasteiger partial charge < -0.3 is 10.1 Å². The summed E-state index contributed by atoms with van der Waals surface area (Å²) in [5, 5.41) is 3.92. The second-order valence-corrected chi connectivity index (χ2v) is 6.65. The van der Waals surface area contributed by atoms with E-state index in [0.29, 0.717) is 12.1 Å². The van der Waals surface area contributed by atoms with E-state index < -0.39 is 0 Å². The number of amides is 1. The zero-order valence-corrected chi connectivity index (χ0v) is 15.1. The molecule has 0 saturated carbocycles. The Balaban J connectivity index is 1.58. The summed E-state index contributed by atoms with van der Waals surface area (Å²) in [5.74, 6) is -0.451. The lowest BCUT2D eigenvalue weighted by molar-refractivity contribution is 0.0600. The number of hydrogen-bond acceptors (Lipinski definition) is 4. The van der Waals surface area contributed by atoms with Gasteiger partial charge in [-0.15, -0.1) is 0 Å². The van der Waals surface area contributed by atoms with Gasteiger partial charge in [0.15, 0.2) is 0 Å². The molecule has 136 valence electrons. The monoisotopic (exact) mass is 360 g/mol. The largest absolute Gasteiger partial charge is 0.465 e. The van der Waals surface area contributed by atoms with E-state index in [2.05, 4.69) is 5.32 Å². The van der Waals surface area contributed by atoms with Gasteiger partial charge in [-0.25, -0.2) is 4.79 Å². The quantitative estimate of drug-likeness (QED) is 0.724. The summed E-state index contributed by atoms with van der Waals surface area (Å²) in [4.78, 5) is 29.2. The number of carbonyl (C=O) groups is 2. The van der Waals surface area contributed by atoms with Gasteiger partial charge in [0.2, 0.25) is 0 Å². The van der Waals surface area contributed by atoms with Crippen molar-refractivity contribution >= 4 is 22.8 Å². The Morgan fingerprint density at radius 2 is 1.85 bits per heavy atom. The highest BCUT2D eigenvalue weighted by atomic mass is 16.5. The molecule has 0 spiro atoms. The average Bonchev–Trinajstić information content (AvgIpc) is 3.18. The number of pyridine rings is 1. The molecular formula is C22H20N2O3. The summed E-state index contributed by atoms with van der Waals surface area (Å²) in [5.41, 5.74) is 5.15. The molecular weight excluding hydrogens is 340 g/mol. The summed E-state index contributed by atoms with van der Waals surface area (Å²) in [6.07, 6.45) is 2.85. The van der Waals surface area contributed by atoms with Gasteiger partial charge in [-0.2, -0.15) is 0 Å². The zero-order chi connectivity index (χ0) is 18.8. The predicted octanol–water partition coefficient (Wildman–Crippen LogP) is 3.44. The Morgan fingerprint density at radius 1 is 1.07 bits per heavy atom. The molecule has 0 aliphatic heterocycles. The Labute approximate surface area is 157 Å². The number of nitrogens with one attached hydrogen (secondary N) is 1. The second kappa shape index (κ2) is 7.19. The van der Waals surface area contributed by atoms with Crippen molar-refractivity contribution in [3.8, 4) is 0 Å². The fourth-order valence-electron chi connectivity index (χ4n) is 3.62. The molecule has 1 aromatic heterocycles. The SMILES string of the molecule is COC(=O)c1ccc(CNC(=O)c2c3c(nc4ccccc24)CCC3)cc1. The average molecular weight is 360 g/mol. The van der Waals surface area contributed by atoms with Crippen molar-refractivity contribution in [1.29, 1.82) is 0 Å². The zero-order valence-electron chi connectivity index (χ0n) is 15.1. The first kappa shape index (κ1) is 17.2. The summed E-state index contributed by atoms with van der Waals surface area (Å²) in [6.45, 7) is 0.395. The van der Waals surface area contributed by atoms with Crippen molar-refractivity contribution in [3.63, 3.8) is 0 Å². The summed E-state index contributed by atoms with van der Waals surface area (Å²) in [7, 11) is 1.36. The molecule has 0 unspecified atom stereocenters. The second-order valence-electron chi connectivity index (χ2n) is 6.65. The first-order valence-corrected chi connectivity index (χ1v) is 9.03. The Morgan fingerprint density at radius 3 is 2.63 bits per heavy atom. The van der Waals surface area contributed by atoms with Gasteiger partial charge in [0, 0.05) is 17.6 Å². The number of ether oxygens (including phenoxy) is 1. The van der Waals surface area contributed by atoms with Crippen LogP contribution in [-0.2, 0) is 24.1 Å². The lowest BCUT2D eigenvalue weighted by Crippen LogP contribution is -2.24. The minimum Gasteiger partial charge on any atom is -0.465 e. The lowest BCUT2D eigenvalue weighted by Gasteiger charge is -2.13. The van der Waals surface area contributed by atoms with Crippen LogP contribution in [0.4, 0.5) is 0 Å². The third kappa shape index (κ3) is 3.28. The maximum atomic E-state index is 13.0.